The lowest BCUT2D eigenvalue weighted by atomic mass is 9.86. The van der Waals surface area contributed by atoms with Crippen LogP contribution in [0, 0.1) is 0 Å². The van der Waals surface area contributed by atoms with Gasteiger partial charge in [0.1, 0.15) is 5.75 Å². The first-order valence-electron chi connectivity index (χ1n) is 9.61. The molecule has 0 radical (unpaired) electrons. The zero-order valence-electron chi connectivity index (χ0n) is 16.0. The Morgan fingerprint density at radius 1 is 0.862 bits per heavy atom. The van der Waals surface area contributed by atoms with Gasteiger partial charge in [-0.25, -0.2) is 9.97 Å². The van der Waals surface area contributed by atoms with Crippen molar-refractivity contribution in [2.45, 2.75) is 18.9 Å². The van der Waals surface area contributed by atoms with E-state index in [0.717, 1.165) is 28.0 Å². The predicted octanol–water partition coefficient (Wildman–Crippen LogP) is 5.06. The smallest absolute Gasteiger partial charge is 0.159 e. The SMILES string of the molecule is CC1=NN(c2ccccc2)C(c2ccccc2O)C1c1ccc2cccnc2n1. The Bertz CT molecular complexity index is 1210. The predicted molar refractivity (Wildman–Crippen MR) is 115 cm³/mol. The summed E-state index contributed by atoms with van der Waals surface area (Å²) >= 11 is 0. The van der Waals surface area contributed by atoms with Gasteiger partial charge in [-0.1, -0.05) is 36.4 Å². The van der Waals surface area contributed by atoms with Crippen molar-refractivity contribution in [3.05, 3.63) is 96.3 Å². The van der Waals surface area contributed by atoms with Crippen LogP contribution < -0.4 is 5.01 Å². The zero-order valence-corrected chi connectivity index (χ0v) is 16.0. The van der Waals surface area contributed by atoms with Crippen molar-refractivity contribution < 1.29 is 5.11 Å². The number of benzene rings is 2. The Hall–Kier alpha value is -3.73. The summed E-state index contributed by atoms with van der Waals surface area (Å²) in [6, 6.07) is 25.3. The van der Waals surface area contributed by atoms with Crippen LogP contribution >= 0.6 is 0 Å². The van der Waals surface area contributed by atoms with E-state index in [1.54, 1.807) is 12.3 Å². The molecule has 2 atom stereocenters. The van der Waals surface area contributed by atoms with Gasteiger partial charge < -0.3 is 5.11 Å². The number of phenols is 1. The van der Waals surface area contributed by atoms with E-state index in [4.69, 9.17) is 10.1 Å². The molecule has 0 saturated heterocycles. The van der Waals surface area contributed by atoms with E-state index in [-0.39, 0.29) is 17.7 Å². The molecule has 1 aliphatic rings. The summed E-state index contributed by atoms with van der Waals surface area (Å²) in [5.41, 5.74) is 4.35. The molecule has 3 heterocycles. The fourth-order valence-electron chi connectivity index (χ4n) is 4.03. The summed E-state index contributed by atoms with van der Waals surface area (Å²) in [7, 11) is 0. The number of aromatic nitrogens is 2. The first kappa shape index (κ1) is 17.4. The van der Waals surface area contributed by atoms with Gasteiger partial charge in [0.2, 0.25) is 0 Å². The van der Waals surface area contributed by atoms with Crippen molar-refractivity contribution >= 4 is 22.4 Å². The molecule has 0 spiro atoms. The Morgan fingerprint density at radius 2 is 1.66 bits per heavy atom. The fourth-order valence-corrected chi connectivity index (χ4v) is 4.03. The Labute approximate surface area is 169 Å². The third-order valence-corrected chi connectivity index (χ3v) is 5.38. The lowest BCUT2D eigenvalue weighted by Gasteiger charge is -2.29. The highest BCUT2D eigenvalue weighted by atomic mass is 16.3. The molecule has 1 N–H and O–H groups in total. The molecule has 0 bridgehead atoms. The molecule has 5 heteroatoms. The molecular formula is C24H20N4O. The van der Waals surface area contributed by atoms with Crippen molar-refractivity contribution in [3.8, 4) is 5.75 Å². The first-order chi connectivity index (χ1) is 14.2. The van der Waals surface area contributed by atoms with Crippen LogP contribution in [0.1, 0.15) is 30.1 Å². The van der Waals surface area contributed by atoms with Gasteiger partial charge in [-0.05, 0) is 49.4 Å². The molecule has 5 rings (SSSR count). The van der Waals surface area contributed by atoms with Crippen molar-refractivity contribution in [3.63, 3.8) is 0 Å². The molecule has 1 aliphatic heterocycles. The van der Waals surface area contributed by atoms with Gasteiger partial charge in [0.05, 0.1) is 23.3 Å². The van der Waals surface area contributed by atoms with Gasteiger partial charge in [-0.2, -0.15) is 5.10 Å². The molecular weight excluding hydrogens is 360 g/mol. The minimum atomic E-state index is -0.202. The van der Waals surface area contributed by atoms with E-state index in [2.05, 4.69) is 4.98 Å². The van der Waals surface area contributed by atoms with Crippen molar-refractivity contribution in [2.24, 2.45) is 5.10 Å². The van der Waals surface area contributed by atoms with Gasteiger partial charge in [0, 0.05) is 22.9 Å². The number of nitrogens with zero attached hydrogens (tertiary/aromatic N) is 4. The molecule has 0 saturated carbocycles. The summed E-state index contributed by atoms with van der Waals surface area (Å²) in [5.74, 6) is 0.155. The van der Waals surface area contributed by atoms with Crippen molar-refractivity contribution in [1.29, 1.82) is 0 Å². The number of hydrogen-bond donors (Lipinski definition) is 1. The maximum absolute atomic E-state index is 10.6. The minimum Gasteiger partial charge on any atom is -0.508 e. The third kappa shape index (κ3) is 3.01. The van der Waals surface area contributed by atoms with Gasteiger partial charge in [-0.15, -0.1) is 0 Å². The van der Waals surface area contributed by atoms with Crippen LogP contribution in [-0.2, 0) is 0 Å². The monoisotopic (exact) mass is 380 g/mol. The van der Waals surface area contributed by atoms with E-state index in [0.29, 0.717) is 5.65 Å². The summed E-state index contributed by atoms with van der Waals surface area (Å²) in [4.78, 5) is 9.26. The minimum absolute atomic E-state index is 0.102. The second-order valence-electron chi connectivity index (χ2n) is 7.19. The van der Waals surface area contributed by atoms with E-state index in [9.17, 15) is 5.11 Å². The van der Waals surface area contributed by atoms with Crippen LogP contribution in [0.15, 0.2) is 90.2 Å². The standard InChI is InChI=1S/C24H20N4O/c1-16-22(20-14-13-17-8-7-15-25-24(17)26-20)23(19-11-5-6-12-21(19)29)28(27-16)18-9-3-2-4-10-18/h2-15,22-23,29H,1H3. The molecule has 0 aliphatic carbocycles. The molecule has 0 fully saturated rings. The molecule has 2 aromatic heterocycles. The van der Waals surface area contributed by atoms with Crippen LogP contribution in [-0.4, -0.2) is 20.8 Å². The summed E-state index contributed by atoms with van der Waals surface area (Å²) < 4.78 is 0. The first-order valence-corrected chi connectivity index (χ1v) is 9.61. The van der Waals surface area contributed by atoms with Gasteiger partial charge in [0.15, 0.2) is 5.65 Å². The van der Waals surface area contributed by atoms with E-state index < -0.39 is 0 Å². The number of hydrazone groups is 1. The highest BCUT2D eigenvalue weighted by Crippen LogP contribution is 2.46. The maximum atomic E-state index is 10.6. The molecule has 2 aromatic carbocycles. The number of pyridine rings is 2. The molecule has 142 valence electrons. The second-order valence-corrected chi connectivity index (χ2v) is 7.19. The van der Waals surface area contributed by atoms with Gasteiger partial charge in [0.25, 0.3) is 0 Å². The lowest BCUT2D eigenvalue weighted by Crippen LogP contribution is -2.24. The van der Waals surface area contributed by atoms with Crippen LogP contribution in [0.3, 0.4) is 0 Å². The molecule has 0 amide bonds. The Morgan fingerprint density at radius 3 is 2.48 bits per heavy atom. The molecule has 4 aromatic rings. The number of para-hydroxylation sites is 2. The summed E-state index contributed by atoms with van der Waals surface area (Å²) in [6.45, 7) is 2.02. The Balaban J connectivity index is 1.68. The van der Waals surface area contributed by atoms with Crippen LogP contribution in [0.5, 0.6) is 5.75 Å². The van der Waals surface area contributed by atoms with E-state index in [1.807, 2.05) is 84.7 Å². The lowest BCUT2D eigenvalue weighted by molar-refractivity contribution is 0.457. The van der Waals surface area contributed by atoms with Gasteiger partial charge in [-0.3, -0.25) is 5.01 Å². The van der Waals surface area contributed by atoms with Crippen molar-refractivity contribution in [1.82, 2.24) is 9.97 Å². The average molecular weight is 380 g/mol. The number of rotatable bonds is 3. The quantitative estimate of drug-likeness (QED) is 0.540. The highest BCUT2D eigenvalue weighted by molar-refractivity contribution is 5.94. The van der Waals surface area contributed by atoms with Gasteiger partial charge >= 0.3 is 0 Å². The number of anilines is 1. The summed E-state index contributed by atoms with van der Waals surface area (Å²) in [5, 5.41) is 18.5. The number of aromatic hydroxyl groups is 1. The number of fused-ring (bicyclic) bond motifs is 1. The van der Waals surface area contributed by atoms with E-state index >= 15 is 0 Å². The number of phenolic OH excluding ortho intramolecular Hbond substituents is 1. The summed E-state index contributed by atoms with van der Waals surface area (Å²) in [6.07, 6.45) is 1.76. The van der Waals surface area contributed by atoms with Crippen LogP contribution in [0.2, 0.25) is 0 Å². The normalized spacial score (nSPS) is 18.8. The topological polar surface area (TPSA) is 61.6 Å². The highest BCUT2D eigenvalue weighted by Gasteiger charge is 2.40. The second kappa shape index (κ2) is 7.02. The molecule has 2 unspecified atom stereocenters. The molecule has 29 heavy (non-hydrogen) atoms. The average Bonchev–Trinajstić information content (AvgIpc) is 3.11. The van der Waals surface area contributed by atoms with Crippen LogP contribution in [0.4, 0.5) is 5.69 Å². The fraction of sp³-hybridized carbons (Fsp3) is 0.125. The Kier molecular flexibility index (Phi) is 4.21. The maximum Gasteiger partial charge on any atom is 0.159 e. The van der Waals surface area contributed by atoms with Crippen LogP contribution in [0.25, 0.3) is 11.0 Å². The third-order valence-electron chi connectivity index (χ3n) is 5.38. The molecule has 5 nitrogen and oxygen atoms in total. The number of hydrogen-bond acceptors (Lipinski definition) is 5. The van der Waals surface area contributed by atoms with Crippen molar-refractivity contribution in [2.75, 3.05) is 5.01 Å². The largest absolute Gasteiger partial charge is 0.508 e. The van der Waals surface area contributed by atoms with E-state index in [1.165, 1.54) is 0 Å². The zero-order chi connectivity index (χ0) is 19.8.